The molecule has 3 saturated carbocycles. The van der Waals surface area contributed by atoms with Crippen LogP contribution >= 0.6 is 0 Å². The van der Waals surface area contributed by atoms with Crippen LogP contribution in [0.15, 0.2) is 66.5 Å². The van der Waals surface area contributed by atoms with E-state index in [9.17, 15) is 17.6 Å². The van der Waals surface area contributed by atoms with Crippen LogP contribution in [0.2, 0.25) is 0 Å². The Bertz CT molecular complexity index is 2060. The Balaban J connectivity index is 1.39. The largest absolute Gasteiger partial charge is 0.466 e. The van der Waals surface area contributed by atoms with Gasteiger partial charge in [0, 0.05) is 34.9 Å². The van der Waals surface area contributed by atoms with Crippen LogP contribution < -0.4 is 5.32 Å². The predicted molar refractivity (Wildman–Crippen MR) is 169 cm³/mol. The molecule has 5 aromatic rings. The molecule has 3 fully saturated rings. The predicted octanol–water partition coefficient (Wildman–Crippen LogP) is 5.85. The van der Waals surface area contributed by atoms with Crippen molar-refractivity contribution in [2.75, 3.05) is 11.9 Å². The summed E-state index contributed by atoms with van der Waals surface area (Å²) in [6.07, 6.45) is 9.80. The molecule has 0 saturated heterocycles. The molecule has 232 valence electrons. The van der Waals surface area contributed by atoms with Crippen LogP contribution in [-0.2, 0) is 19.6 Å². The monoisotopic (exact) mass is 628 g/mol. The van der Waals surface area contributed by atoms with Gasteiger partial charge >= 0.3 is 5.97 Å². The van der Waals surface area contributed by atoms with Crippen LogP contribution in [0.4, 0.5) is 10.2 Å². The zero-order valence-electron chi connectivity index (χ0n) is 25.0. The number of hydrogen-bond acceptors (Lipinski definition) is 8. The average Bonchev–Trinajstić information content (AvgIpc) is 3.63. The van der Waals surface area contributed by atoms with E-state index in [-0.39, 0.29) is 51.5 Å². The van der Waals surface area contributed by atoms with E-state index in [0.717, 1.165) is 47.0 Å². The molecule has 4 heterocycles. The number of fused-ring (bicyclic) bond motifs is 5. The average molecular weight is 629 g/mol. The third-order valence-corrected chi connectivity index (χ3v) is 10.9. The third kappa shape index (κ3) is 4.87. The fraction of sp³-hybridized carbons (Fsp3) is 0.333. The normalized spacial score (nSPS) is 21.3. The van der Waals surface area contributed by atoms with Gasteiger partial charge < -0.3 is 10.1 Å². The summed E-state index contributed by atoms with van der Waals surface area (Å²) in [5.41, 5.74) is 2.71. The van der Waals surface area contributed by atoms with Gasteiger partial charge in [0.2, 0.25) is 0 Å². The van der Waals surface area contributed by atoms with Gasteiger partial charge in [-0.15, -0.1) is 5.10 Å². The minimum Gasteiger partial charge on any atom is -0.466 e. The lowest BCUT2D eigenvalue weighted by Gasteiger charge is -2.47. The van der Waals surface area contributed by atoms with Gasteiger partial charge in [0.1, 0.15) is 11.3 Å². The summed E-state index contributed by atoms with van der Waals surface area (Å²) < 4.78 is 50.5. The summed E-state index contributed by atoms with van der Waals surface area (Å²) in [7, 11) is -4.10. The fourth-order valence-corrected chi connectivity index (χ4v) is 8.38. The van der Waals surface area contributed by atoms with Crippen LogP contribution in [0, 0.1) is 30.5 Å². The van der Waals surface area contributed by atoms with E-state index in [2.05, 4.69) is 16.9 Å². The number of rotatable bonds is 8. The van der Waals surface area contributed by atoms with E-state index in [1.807, 2.05) is 19.9 Å². The summed E-state index contributed by atoms with van der Waals surface area (Å²) in [5.74, 6) is -0.0473. The van der Waals surface area contributed by atoms with Gasteiger partial charge in [0.05, 0.1) is 23.6 Å². The first-order valence-electron chi connectivity index (χ1n) is 15.1. The molecule has 3 aliphatic rings. The molecule has 2 bridgehead atoms. The molecule has 3 aliphatic carbocycles. The van der Waals surface area contributed by atoms with Gasteiger partial charge in [-0.25, -0.2) is 31.3 Å². The molecule has 2 atom stereocenters. The number of aryl methyl sites for hydroxylation is 1. The van der Waals surface area contributed by atoms with Crippen LogP contribution in [-0.4, -0.2) is 50.6 Å². The lowest BCUT2D eigenvalue weighted by molar-refractivity contribution is -0.154. The quantitative estimate of drug-likeness (QED) is 0.213. The van der Waals surface area contributed by atoms with Gasteiger partial charge in [-0.05, 0) is 75.6 Å². The van der Waals surface area contributed by atoms with Crippen molar-refractivity contribution in [3.8, 4) is 11.4 Å². The smallest absolute Gasteiger partial charge is 0.311 e. The second kappa shape index (κ2) is 11.1. The summed E-state index contributed by atoms with van der Waals surface area (Å²) in [6, 6.07) is 9.36. The standard InChI is InChI=1S/C33H33FN6O4S/c1-4-20-14-15-39-29(20)31(36-28-22-10-8-21(9-11-22)27(28)33(41)44-5-2)37-30(38-39)26-18-40(32-25(26)16-23(34)17-35-32)45(42,43)24-12-6-19(3)7-13-24/h4,6-7,12-18,21-22,27-28H,1,5,8-11H2,2-3H3,(H,36,37,38)/t21?,22?,27-,28-/m0/s1. The number of benzene rings is 1. The molecule has 12 heteroatoms. The molecule has 1 N–H and O–H groups in total. The molecule has 0 amide bonds. The molecule has 45 heavy (non-hydrogen) atoms. The number of anilines is 1. The second-order valence-electron chi connectivity index (χ2n) is 11.9. The number of nitrogens with zero attached hydrogens (tertiary/aromatic N) is 5. The number of ether oxygens (including phenoxy) is 1. The highest BCUT2D eigenvalue weighted by molar-refractivity contribution is 7.90. The lowest BCUT2D eigenvalue weighted by atomic mass is 9.61. The Hall–Kier alpha value is -4.58. The number of carbonyl (C=O) groups is 1. The topological polar surface area (TPSA) is 120 Å². The fourth-order valence-electron chi connectivity index (χ4n) is 7.06. The van der Waals surface area contributed by atoms with Crippen molar-refractivity contribution in [3.63, 3.8) is 0 Å². The number of pyridine rings is 1. The molecular formula is C33H33FN6O4S. The Morgan fingerprint density at radius 3 is 2.60 bits per heavy atom. The van der Waals surface area contributed by atoms with Crippen molar-refractivity contribution in [2.45, 2.75) is 50.5 Å². The number of esters is 1. The molecule has 8 rings (SSSR count). The maximum atomic E-state index is 14.6. The first-order chi connectivity index (χ1) is 21.7. The maximum Gasteiger partial charge on any atom is 0.311 e. The minimum atomic E-state index is -4.10. The van der Waals surface area contributed by atoms with Crippen molar-refractivity contribution < 1.29 is 22.3 Å². The second-order valence-corrected chi connectivity index (χ2v) is 13.7. The SMILES string of the molecule is C=Cc1ccn2nc(-c3cn(S(=O)(=O)c4ccc(C)cc4)c4ncc(F)cc34)nc(N[C@H]3C4CCC(CC4)[C@@H]3C(=O)OCC)c12. The van der Waals surface area contributed by atoms with Crippen LogP contribution in [0.3, 0.4) is 0 Å². The number of aromatic nitrogens is 5. The Kier molecular flexibility index (Phi) is 7.19. The Labute approximate surface area is 260 Å². The van der Waals surface area contributed by atoms with Crippen LogP contribution in [0.5, 0.6) is 0 Å². The van der Waals surface area contributed by atoms with E-state index < -0.39 is 15.8 Å². The van der Waals surface area contributed by atoms with Crippen molar-refractivity contribution >= 4 is 44.4 Å². The molecule has 0 unspecified atom stereocenters. The van der Waals surface area contributed by atoms with Crippen LogP contribution in [0.1, 0.15) is 43.7 Å². The van der Waals surface area contributed by atoms with E-state index >= 15 is 0 Å². The highest BCUT2D eigenvalue weighted by atomic mass is 32.2. The van der Waals surface area contributed by atoms with E-state index in [0.29, 0.717) is 23.5 Å². The molecule has 4 aromatic heterocycles. The zero-order chi connectivity index (χ0) is 31.5. The highest BCUT2D eigenvalue weighted by Gasteiger charge is 2.48. The summed E-state index contributed by atoms with van der Waals surface area (Å²) in [6.45, 7) is 7.94. The summed E-state index contributed by atoms with van der Waals surface area (Å²) in [4.78, 5) is 22.4. The maximum absolute atomic E-state index is 14.6. The van der Waals surface area contributed by atoms with E-state index in [1.165, 1.54) is 24.4 Å². The number of hydrogen-bond donors (Lipinski definition) is 1. The third-order valence-electron chi connectivity index (χ3n) is 9.24. The first kappa shape index (κ1) is 29.1. The van der Waals surface area contributed by atoms with Crippen molar-refractivity contribution in [1.29, 1.82) is 0 Å². The van der Waals surface area contributed by atoms with Gasteiger partial charge in [0.25, 0.3) is 10.0 Å². The zero-order valence-corrected chi connectivity index (χ0v) is 25.8. The Morgan fingerprint density at radius 1 is 1.16 bits per heavy atom. The molecule has 1 aromatic carbocycles. The van der Waals surface area contributed by atoms with Gasteiger partial charge in [-0.1, -0.05) is 30.4 Å². The lowest BCUT2D eigenvalue weighted by Crippen LogP contribution is -2.52. The molecule has 0 spiro atoms. The molecule has 0 radical (unpaired) electrons. The molecular weight excluding hydrogens is 595 g/mol. The van der Waals surface area contributed by atoms with E-state index in [4.69, 9.17) is 14.8 Å². The number of halogens is 1. The number of nitrogens with one attached hydrogen (secondary N) is 1. The van der Waals surface area contributed by atoms with Crippen LogP contribution in [0.25, 0.3) is 34.0 Å². The Morgan fingerprint density at radius 2 is 1.89 bits per heavy atom. The van der Waals surface area contributed by atoms with Crippen molar-refractivity contribution in [2.24, 2.45) is 17.8 Å². The van der Waals surface area contributed by atoms with E-state index in [1.54, 1.807) is 28.9 Å². The molecule has 0 aliphatic heterocycles. The van der Waals surface area contributed by atoms with Crippen molar-refractivity contribution in [1.82, 2.24) is 23.6 Å². The molecule has 10 nitrogen and oxygen atoms in total. The van der Waals surface area contributed by atoms with Gasteiger partial charge in [-0.3, -0.25) is 4.79 Å². The van der Waals surface area contributed by atoms with Gasteiger partial charge in [-0.2, -0.15) is 0 Å². The van der Waals surface area contributed by atoms with Gasteiger partial charge in [0.15, 0.2) is 17.3 Å². The van der Waals surface area contributed by atoms with Crippen molar-refractivity contribution in [3.05, 3.63) is 78.5 Å². The summed E-state index contributed by atoms with van der Waals surface area (Å²) >= 11 is 0. The number of carbonyl (C=O) groups excluding carboxylic acids is 1. The highest BCUT2D eigenvalue weighted by Crippen LogP contribution is 2.47. The minimum absolute atomic E-state index is 0.0523. The summed E-state index contributed by atoms with van der Waals surface area (Å²) in [5, 5.41) is 8.58. The first-order valence-corrected chi connectivity index (χ1v) is 16.6.